The maximum atomic E-state index is 12.0. The minimum Gasteiger partial charge on any atom is -0.442 e. The molecule has 0 N–H and O–H groups in total. The number of carbonyl (C=O) groups is 1. The Labute approximate surface area is 107 Å². The van der Waals surface area contributed by atoms with Crippen LogP contribution in [0.15, 0.2) is 36.5 Å². The molecule has 0 bridgehead atoms. The van der Waals surface area contributed by atoms with E-state index in [1.54, 1.807) is 11.7 Å². The Balaban J connectivity index is 2.28. The normalized spacial score (nSPS) is 11.6. The zero-order valence-electron chi connectivity index (χ0n) is 11.2. The van der Waals surface area contributed by atoms with Crippen molar-refractivity contribution in [3.8, 4) is 0 Å². The minimum absolute atomic E-state index is 0.371. The maximum Gasteiger partial charge on any atom is 0.429 e. The van der Waals surface area contributed by atoms with Gasteiger partial charge >= 0.3 is 6.09 Å². The summed E-state index contributed by atoms with van der Waals surface area (Å²) < 4.78 is 7.12. The van der Waals surface area contributed by atoms with Crippen LogP contribution in [0, 0.1) is 0 Å². The number of fused-ring (bicyclic) bond motifs is 1. The third-order valence-electron chi connectivity index (χ3n) is 2.56. The Morgan fingerprint density at radius 3 is 2.56 bits per heavy atom. The predicted octanol–water partition coefficient (Wildman–Crippen LogP) is 3.14. The van der Waals surface area contributed by atoms with E-state index < -0.39 is 5.60 Å². The number of rotatable bonds is 1. The van der Waals surface area contributed by atoms with Crippen molar-refractivity contribution in [2.24, 2.45) is 0 Å². The summed E-state index contributed by atoms with van der Waals surface area (Å²) in [4.78, 5) is 12.0. The number of aromatic nitrogens is 1. The van der Waals surface area contributed by atoms with E-state index in [0.29, 0.717) is 0 Å². The average molecular weight is 246 g/mol. The summed E-state index contributed by atoms with van der Waals surface area (Å²) in [5, 5.41) is 2.56. The van der Waals surface area contributed by atoms with Crippen LogP contribution in [0.3, 0.4) is 0 Å². The highest BCUT2D eigenvalue weighted by Crippen LogP contribution is 2.16. The van der Waals surface area contributed by atoms with Gasteiger partial charge in [-0.05, 0) is 32.9 Å². The van der Waals surface area contributed by atoms with E-state index in [0.717, 1.165) is 10.9 Å². The quantitative estimate of drug-likeness (QED) is 0.774. The van der Waals surface area contributed by atoms with Crippen LogP contribution in [-0.4, -0.2) is 23.4 Å². The highest BCUT2D eigenvalue weighted by molar-refractivity contribution is 5.85. The Morgan fingerprint density at radius 1 is 1.22 bits per heavy atom. The molecule has 2 aromatic rings. The molecular weight excluding hydrogens is 228 g/mol. The number of ether oxygens (including phenoxy) is 1. The van der Waals surface area contributed by atoms with Crippen molar-refractivity contribution >= 4 is 17.0 Å². The molecule has 1 aromatic carbocycles. The molecule has 0 aliphatic rings. The Morgan fingerprint density at radius 2 is 1.89 bits per heavy atom. The number of amides is 1. The van der Waals surface area contributed by atoms with Gasteiger partial charge < -0.3 is 4.74 Å². The molecule has 0 fully saturated rings. The standard InChI is InChI=1S/C14H18N2O2/c1-14(2,3)18-13(17)15(4)16-10-9-11-7-5-6-8-12(11)16/h5-10H,1-4H3. The second-order valence-corrected chi connectivity index (χ2v) is 5.22. The summed E-state index contributed by atoms with van der Waals surface area (Å²) >= 11 is 0. The lowest BCUT2D eigenvalue weighted by Gasteiger charge is -2.25. The van der Waals surface area contributed by atoms with E-state index in [2.05, 4.69) is 0 Å². The van der Waals surface area contributed by atoms with Gasteiger partial charge in [-0.25, -0.2) is 9.80 Å². The smallest absolute Gasteiger partial charge is 0.429 e. The molecule has 0 saturated heterocycles. The molecule has 4 nitrogen and oxygen atoms in total. The van der Waals surface area contributed by atoms with E-state index in [9.17, 15) is 4.79 Å². The molecule has 0 atom stereocenters. The average Bonchev–Trinajstić information content (AvgIpc) is 2.69. The molecule has 96 valence electrons. The highest BCUT2D eigenvalue weighted by atomic mass is 16.6. The van der Waals surface area contributed by atoms with Crippen molar-refractivity contribution in [1.82, 2.24) is 4.68 Å². The summed E-state index contributed by atoms with van der Waals surface area (Å²) in [6.07, 6.45) is 1.48. The van der Waals surface area contributed by atoms with Gasteiger partial charge in [-0.1, -0.05) is 18.2 Å². The van der Waals surface area contributed by atoms with E-state index in [1.165, 1.54) is 5.01 Å². The predicted molar refractivity (Wildman–Crippen MR) is 72.3 cm³/mol. The molecule has 0 unspecified atom stereocenters. The molecule has 1 heterocycles. The molecule has 18 heavy (non-hydrogen) atoms. The van der Waals surface area contributed by atoms with Crippen LogP contribution in [0.1, 0.15) is 20.8 Å². The molecule has 0 spiro atoms. The molecule has 0 saturated carbocycles. The Kier molecular flexibility index (Phi) is 3.03. The Bertz CT molecular complexity index is 566. The Hall–Kier alpha value is -1.97. The summed E-state index contributed by atoms with van der Waals surface area (Å²) in [5.41, 5.74) is 0.486. The fourth-order valence-electron chi connectivity index (χ4n) is 1.75. The van der Waals surface area contributed by atoms with Crippen LogP contribution in [0.25, 0.3) is 10.9 Å². The van der Waals surface area contributed by atoms with Crippen molar-refractivity contribution < 1.29 is 9.53 Å². The second-order valence-electron chi connectivity index (χ2n) is 5.22. The van der Waals surface area contributed by atoms with Crippen molar-refractivity contribution in [1.29, 1.82) is 0 Å². The first-order valence-electron chi connectivity index (χ1n) is 5.91. The first kappa shape index (κ1) is 12.5. The van der Waals surface area contributed by atoms with Crippen LogP contribution < -0.4 is 5.01 Å². The molecular formula is C14H18N2O2. The first-order chi connectivity index (χ1) is 8.38. The lowest BCUT2D eigenvalue weighted by atomic mass is 10.2. The van der Waals surface area contributed by atoms with Crippen LogP contribution >= 0.6 is 0 Å². The third-order valence-corrected chi connectivity index (χ3v) is 2.56. The van der Waals surface area contributed by atoms with Gasteiger partial charge in [0.15, 0.2) is 0 Å². The third kappa shape index (κ3) is 2.47. The topological polar surface area (TPSA) is 34.5 Å². The van der Waals surface area contributed by atoms with Gasteiger partial charge in [0.2, 0.25) is 0 Å². The summed E-state index contributed by atoms with van der Waals surface area (Å²) in [5.74, 6) is 0. The first-order valence-corrected chi connectivity index (χ1v) is 5.91. The highest BCUT2D eigenvalue weighted by Gasteiger charge is 2.21. The van der Waals surface area contributed by atoms with Crippen molar-refractivity contribution in [2.75, 3.05) is 12.1 Å². The zero-order chi connectivity index (χ0) is 13.3. The van der Waals surface area contributed by atoms with Crippen molar-refractivity contribution in [3.05, 3.63) is 36.5 Å². The monoisotopic (exact) mass is 246 g/mol. The van der Waals surface area contributed by atoms with Crippen LogP contribution in [-0.2, 0) is 4.74 Å². The number of nitrogens with zero attached hydrogens (tertiary/aromatic N) is 2. The second kappa shape index (κ2) is 4.37. The summed E-state index contributed by atoms with van der Waals surface area (Å²) in [6.45, 7) is 5.56. The van der Waals surface area contributed by atoms with E-state index in [-0.39, 0.29) is 6.09 Å². The van der Waals surface area contributed by atoms with Gasteiger partial charge in [0.05, 0.1) is 5.52 Å². The SMILES string of the molecule is CN(C(=O)OC(C)(C)C)n1ccc2ccccc21. The van der Waals surface area contributed by atoms with Crippen LogP contribution in [0.5, 0.6) is 0 Å². The number of benzene rings is 1. The van der Waals surface area contributed by atoms with Crippen molar-refractivity contribution in [2.45, 2.75) is 26.4 Å². The number of hydrogen-bond acceptors (Lipinski definition) is 2. The number of carbonyl (C=O) groups excluding carboxylic acids is 1. The van der Waals surface area contributed by atoms with Crippen LogP contribution in [0.2, 0.25) is 0 Å². The number of para-hydroxylation sites is 1. The van der Waals surface area contributed by atoms with Gasteiger partial charge in [-0.2, -0.15) is 0 Å². The molecule has 0 aliphatic heterocycles. The fraction of sp³-hybridized carbons (Fsp3) is 0.357. The van der Waals surface area contributed by atoms with Gasteiger partial charge in [-0.15, -0.1) is 0 Å². The van der Waals surface area contributed by atoms with Gasteiger partial charge in [-0.3, -0.25) is 4.68 Å². The van der Waals surface area contributed by atoms with E-state index >= 15 is 0 Å². The molecule has 2 rings (SSSR count). The molecule has 1 aromatic heterocycles. The van der Waals surface area contributed by atoms with Crippen LogP contribution in [0.4, 0.5) is 4.79 Å². The van der Waals surface area contributed by atoms with E-state index in [1.807, 2.05) is 57.3 Å². The summed E-state index contributed by atoms with van der Waals surface area (Å²) in [6, 6.07) is 9.86. The molecule has 0 radical (unpaired) electrons. The summed E-state index contributed by atoms with van der Waals surface area (Å²) in [7, 11) is 1.69. The molecule has 0 aliphatic carbocycles. The van der Waals surface area contributed by atoms with Crippen molar-refractivity contribution in [3.63, 3.8) is 0 Å². The van der Waals surface area contributed by atoms with Gasteiger partial charge in [0, 0.05) is 18.6 Å². The number of hydrogen-bond donors (Lipinski definition) is 0. The largest absolute Gasteiger partial charge is 0.442 e. The molecule has 4 heteroatoms. The lowest BCUT2D eigenvalue weighted by molar-refractivity contribution is 0.0553. The zero-order valence-corrected chi connectivity index (χ0v) is 11.2. The fourth-order valence-corrected chi connectivity index (χ4v) is 1.75. The lowest BCUT2D eigenvalue weighted by Crippen LogP contribution is -2.40. The van der Waals surface area contributed by atoms with Gasteiger partial charge in [0.25, 0.3) is 0 Å². The minimum atomic E-state index is -0.492. The van der Waals surface area contributed by atoms with Gasteiger partial charge in [0.1, 0.15) is 5.60 Å². The van der Waals surface area contributed by atoms with E-state index in [4.69, 9.17) is 4.74 Å². The maximum absolute atomic E-state index is 12.0. The molecule has 1 amide bonds.